The lowest BCUT2D eigenvalue weighted by molar-refractivity contribution is -0.136. The molecular weight excluding hydrogens is 391 g/mol. The van der Waals surface area contributed by atoms with Crippen molar-refractivity contribution in [2.24, 2.45) is 0 Å². The monoisotopic (exact) mass is 407 g/mol. The largest absolute Gasteiger partial charge is 0.472 e. The van der Waals surface area contributed by atoms with Crippen LogP contribution in [0, 0.1) is 6.92 Å². The molecule has 0 spiro atoms. The van der Waals surface area contributed by atoms with E-state index >= 15 is 0 Å². The maximum atomic E-state index is 13.5. The lowest BCUT2D eigenvalue weighted by Crippen LogP contribution is -2.19. The van der Waals surface area contributed by atoms with Crippen LogP contribution >= 0.6 is 0 Å². The molecule has 2 aromatic heterocycles. The molecular formula is C19H16F3N3O4. The van der Waals surface area contributed by atoms with Crippen LogP contribution in [0.5, 0.6) is 0 Å². The van der Waals surface area contributed by atoms with E-state index in [0.717, 1.165) is 12.1 Å². The van der Waals surface area contributed by atoms with Crippen molar-refractivity contribution in [3.63, 3.8) is 0 Å². The number of rotatable bonds is 5. The summed E-state index contributed by atoms with van der Waals surface area (Å²) in [6, 6.07) is 4.44. The van der Waals surface area contributed by atoms with Crippen molar-refractivity contribution in [2.75, 3.05) is 10.6 Å². The Labute approximate surface area is 162 Å². The Balaban J connectivity index is 1.89. The number of furan rings is 1. The van der Waals surface area contributed by atoms with Gasteiger partial charge in [0, 0.05) is 5.69 Å². The number of carbonyl (C=O) groups is 2. The molecule has 29 heavy (non-hydrogen) atoms. The second-order valence-corrected chi connectivity index (χ2v) is 6.09. The zero-order valence-electron chi connectivity index (χ0n) is 15.4. The first-order valence-electron chi connectivity index (χ1n) is 8.52. The van der Waals surface area contributed by atoms with Gasteiger partial charge < -0.3 is 19.6 Å². The maximum absolute atomic E-state index is 13.5. The van der Waals surface area contributed by atoms with Crippen molar-refractivity contribution in [3.8, 4) is 0 Å². The number of benzene rings is 1. The molecule has 0 aliphatic heterocycles. The number of nitrogens with one attached hydrogen (secondary N) is 2. The first kappa shape index (κ1) is 20.2. The summed E-state index contributed by atoms with van der Waals surface area (Å²) in [7, 11) is 0. The molecule has 152 valence electrons. The summed E-state index contributed by atoms with van der Waals surface area (Å²) in [5.41, 5.74) is -1.05. The van der Waals surface area contributed by atoms with Gasteiger partial charge in [0.25, 0.3) is 11.8 Å². The van der Waals surface area contributed by atoms with Crippen molar-refractivity contribution in [1.29, 1.82) is 0 Å². The van der Waals surface area contributed by atoms with Crippen LogP contribution in [-0.2, 0) is 12.6 Å². The van der Waals surface area contributed by atoms with E-state index in [1.807, 2.05) is 0 Å². The smallest absolute Gasteiger partial charge is 0.418 e. The first-order valence-corrected chi connectivity index (χ1v) is 8.52. The highest BCUT2D eigenvalue weighted by Crippen LogP contribution is 2.37. The van der Waals surface area contributed by atoms with Gasteiger partial charge in [-0.15, -0.1) is 0 Å². The number of amides is 2. The molecule has 0 fully saturated rings. The highest BCUT2D eigenvalue weighted by atomic mass is 19.4. The lowest BCUT2D eigenvalue weighted by atomic mass is 10.1. The normalized spacial score (nSPS) is 11.3. The van der Waals surface area contributed by atoms with Crippen LogP contribution in [0.1, 0.15) is 44.7 Å². The minimum atomic E-state index is -4.77. The molecule has 2 N–H and O–H groups in total. The van der Waals surface area contributed by atoms with Crippen molar-refractivity contribution in [1.82, 2.24) is 5.16 Å². The molecule has 7 nitrogen and oxygen atoms in total. The maximum Gasteiger partial charge on any atom is 0.418 e. The van der Waals surface area contributed by atoms with E-state index in [0.29, 0.717) is 12.1 Å². The molecule has 2 amide bonds. The number of nitrogens with zero attached hydrogens (tertiary/aromatic N) is 1. The Bertz CT molecular complexity index is 1040. The molecule has 1 aromatic carbocycles. The van der Waals surface area contributed by atoms with Crippen LogP contribution in [0.3, 0.4) is 0 Å². The third kappa shape index (κ3) is 4.31. The predicted molar refractivity (Wildman–Crippen MR) is 96.7 cm³/mol. The minimum absolute atomic E-state index is 0.0862. The number of alkyl halides is 3. The standard InChI is InChI=1S/C19H16F3N3O4/c1-3-14-16(10(2)29-25-14)18(27)24-15-5-4-12(8-13(15)19(20,21)22)23-17(26)11-6-7-28-9-11/h4-9H,3H2,1-2H3,(H,23,26)(H,24,27). The molecule has 0 aliphatic carbocycles. The van der Waals surface area contributed by atoms with Crippen LogP contribution in [0.4, 0.5) is 24.5 Å². The fourth-order valence-corrected chi connectivity index (χ4v) is 2.70. The van der Waals surface area contributed by atoms with Gasteiger partial charge in [-0.2, -0.15) is 13.2 Å². The van der Waals surface area contributed by atoms with Gasteiger partial charge in [-0.25, -0.2) is 0 Å². The summed E-state index contributed by atoms with van der Waals surface area (Å²) in [5.74, 6) is -1.19. The highest BCUT2D eigenvalue weighted by molar-refractivity contribution is 6.07. The van der Waals surface area contributed by atoms with E-state index < -0.39 is 29.2 Å². The summed E-state index contributed by atoms with van der Waals surface area (Å²) in [6.07, 6.45) is -1.95. The SMILES string of the molecule is CCc1noc(C)c1C(=O)Nc1ccc(NC(=O)c2ccoc2)cc1C(F)(F)F. The quantitative estimate of drug-likeness (QED) is 0.641. The Morgan fingerprint density at radius 3 is 2.52 bits per heavy atom. The van der Waals surface area contributed by atoms with E-state index in [1.165, 1.54) is 31.6 Å². The van der Waals surface area contributed by atoms with Gasteiger partial charge in [0.2, 0.25) is 0 Å². The number of hydrogen-bond acceptors (Lipinski definition) is 5. The number of aromatic nitrogens is 1. The molecule has 3 aromatic rings. The average Bonchev–Trinajstić information content (AvgIpc) is 3.31. The summed E-state index contributed by atoms with van der Waals surface area (Å²) < 4.78 is 50.4. The van der Waals surface area contributed by atoms with E-state index in [1.54, 1.807) is 6.92 Å². The Kier molecular flexibility index (Phi) is 5.44. The Hall–Kier alpha value is -3.56. The minimum Gasteiger partial charge on any atom is -0.472 e. The lowest BCUT2D eigenvalue weighted by Gasteiger charge is -2.16. The van der Waals surface area contributed by atoms with Crippen LogP contribution in [-0.4, -0.2) is 17.0 Å². The van der Waals surface area contributed by atoms with Crippen molar-refractivity contribution >= 4 is 23.2 Å². The van der Waals surface area contributed by atoms with Gasteiger partial charge in [-0.05, 0) is 37.6 Å². The van der Waals surface area contributed by atoms with Crippen LogP contribution in [0.15, 0.2) is 45.7 Å². The fraction of sp³-hybridized carbons (Fsp3) is 0.211. The molecule has 0 unspecified atom stereocenters. The Morgan fingerprint density at radius 2 is 1.90 bits per heavy atom. The summed E-state index contributed by atoms with van der Waals surface area (Å²) in [4.78, 5) is 24.5. The van der Waals surface area contributed by atoms with Gasteiger partial charge in [0.05, 0.1) is 28.8 Å². The van der Waals surface area contributed by atoms with Crippen LogP contribution in [0.2, 0.25) is 0 Å². The molecule has 0 atom stereocenters. The van der Waals surface area contributed by atoms with Gasteiger partial charge in [0.1, 0.15) is 17.6 Å². The number of carbonyl (C=O) groups excluding carboxylic acids is 2. The zero-order valence-corrected chi connectivity index (χ0v) is 15.4. The third-order valence-corrected chi connectivity index (χ3v) is 4.11. The molecule has 0 saturated carbocycles. The van der Waals surface area contributed by atoms with E-state index in [-0.39, 0.29) is 22.6 Å². The number of halogens is 3. The number of anilines is 2. The third-order valence-electron chi connectivity index (χ3n) is 4.11. The van der Waals surface area contributed by atoms with Crippen LogP contribution in [0.25, 0.3) is 0 Å². The molecule has 2 heterocycles. The Morgan fingerprint density at radius 1 is 1.14 bits per heavy atom. The fourth-order valence-electron chi connectivity index (χ4n) is 2.70. The summed E-state index contributed by atoms with van der Waals surface area (Å²) >= 11 is 0. The van der Waals surface area contributed by atoms with Crippen molar-refractivity contribution in [2.45, 2.75) is 26.4 Å². The van der Waals surface area contributed by atoms with E-state index in [2.05, 4.69) is 15.8 Å². The first-order chi connectivity index (χ1) is 13.7. The van der Waals surface area contributed by atoms with E-state index in [9.17, 15) is 22.8 Å². The summed E-state index contributed by atoms with van der Waals surface area (Å²) in [6.45, 7) is 3.24. The van der Waals surface area contributed by atoms with E-state index in [4.69, 9.17) is 8.94 Å². The molecule has 0 radical (unpaired) electrons. The van der Waals surface area contributed by atoms with Gasteiger partial charge in [-0.1, -0.05) is 12.1 Å². The highest BCUT2D eigenvalue weighted by Gasteiger charge is 2.35. The second-order valence-electron chi connectivity index (χ2n) is 6.09. The van der Waals surface area contributed by atoms with Gasteiger partial charge in [0.15, 0.2) is 0 Å². The topological polar surface area (TPSA) is 97.4 Å². The predicted octanol–water partition coefficient (Wildman–Crippen LogP) is 4.66. The number of hydrogen-bond donors (Lipinski definition) is 2. The number of aryl methyl sites for hydroxylation is 2. The van der Waals surface area contributed by atoms with Crippen molar-refractivity contribution < 1.29 is 31.7 Å². The second kappa shape index (κ2) is 7.82. The van der Waals surface area contributed by atoms with Gasteiger partial charge >= 0.3 is 6.18 Å². The molecule has 0 saturated heterocycles. The molecule has 0 bridgehead atoms. The average molecular weight is 407 g/mol. The molecule has 3 rings (SSSR count). The molecule has 0 aliphatic rings. The zero-order chi connectivity index (χ0) is 21.2. The van der Waals surface area contributed by atoms with Crippen LogP contribution < -0.4 is 10.6 Å². The van der Waals surface area contributed by atoms with Crippen molar-refractivity contribution in [3.05, 3.63) is 64.9 Å². The molecule has 10 heteroatoms. The van der Waals surface area contributed by atoms with Gasteiger partial charge in [-0.3, -0.25) is 9.59 Å². The summed E-state index contributed by atoms with van der Waals surface area (Å²) in [5, 5.41) is 8.34.